The van der Waals surface area contributed by atoms with Crippen molar-refractivity contribution in [2.75, 3.05) is 23.7 Å². The molecule has 1 saturated heterocycles. The van der Waals surface area contributed by atoms with Crippen molar-refractivity contribution in [2.45, 2.75) is 25.8 Å². The molecule has 3 aromatic rings. The summed E-state index contributed by atoms with van der Waals surface area (Å²) in [4.78, 5) is 28.3. The fourth-order valence-electron chi connectivity index (χ4n) is 3.64. The highest BCUT2D eigenvalue weighted by Gasteiger charge is 2.28. The van der Waals surface area contributed by atoms with Crippen molar-refractivity contribution in [3.8, 4) is 5.75 Å². The maximum atomic E-state index is 12.6. The van der Waals surface area contributed by atoms with Crippen LogP contribution in [0.5, 0.6) is 5.75 Å². The highest BCUT2D eigenvalue weighted by Crippen LogP contribution is 2.39. The number of likely N-dealkylation sites (tertiary alicyclic amines) is 1. The summed E-state index contributed by atoms with van der Waals surface area (Å²) in [5.41, 5.74) is 1.80. The number of aromatic nitrogens is 2. The van der Waals surface area contributed by atoms with E-state index in [9.17, 15) is 9.59 Å². The van der Waals surface area contributed by atoms with E-state index in [2.05, 4.69) is 20.8 Å². The maximum Gasteiger partial charge on any atom is 0.264 e. The monoisotopic (exact) mass is 449 g/mol. The highest BCUT2D eigenvalue weighted by molar-refractivity contribution is 7.15. The third-order valence-corrected chi connectivity index (χ3v) is 6.52. The lowest BCUT2D eigenvalue weighted by Gasteiger charge is -2.30. The maximum absolute atomic E-state index is 12.6. The van der Waals surface area contributed by atoms with E-state index in [1.165, 1.54) is 11.3 Å². The normalized spacial score (nSPS) is 17.0. The van der Waals surface area contributed by atoms with Gasteiger partial charge < -0.3 is 20.3 Å². The smallest absolute Gasteiger partial charge is 0.264 e. The minimum atomic E-state index is -0.125. The Morgan fingerprint density at radius 3 is 2.75 bits per heavy atom. The number of ether oxygens (including phenoxy) is 1. The molecule has 4 heterocycles. The van der Waals surface area contributed by atoms with Crippen molar-refractivity contribution in [1.29, 1.82) is 0 Å². The SMILES string of the molecule is CC1C=C(Oc2ccc(CC(=O)Nc3ccn[nH]3)cc2)c2sc(C(=O)N3CCC3)cc2N1. The summed E-state index contributed by atoms with van der Waals surface area (Å²) in [5, 5.41) is 12.7. The summed E-state index contributed by atoms with van der Waals surface area (Å²) >= 11 is 1.46. The Kier molecular flexibility index (Phi) is 5.40. The van der Waals surface area contributed by atoms with Gasteiger partial charge in [0.25, 0.3) is 5.91 Å². The van der Waals surface area contributed by atoms with Crippen molar-refractivity contribution in [3.63, 3.8) is 0 Å². The summed E-state index contributed by atoms with van der Waals surface area (Å²) in [7, 11) is 0. The van der Waals surface area contributed by atoms with Crippen LogP contribution in [0.3, 0.4) is 0 Å². The summed E-state index contributed by atoms with van der Waals surface area (Å²) in [5.74, 6) is 1.95. The Hall–Kier alpha value is -3.59. The second kappa shape index (κ2) is 8.51. The molecule has 1 aromatic carbocycles. The summed E-state index contributed by atoms with van der Waals surface area (Å²) in [6.07, 6.45) is 4.92. The number of rotatable bonds is 6. The number of H-pyrrole nitrogens is 1. The van der Waals surface area contributed by atoms with Crippen molar-refractivity contribution in [3.05, 3.63) is 64.0 Å². The van der Waals surface area contributed by atoms with E-state index in [4.69, 9.17) is 4.74 Å². The van der Waals surface area contributed by atoms with E-state index in [-0.39, 0.29) is 24.3 Å². The molecule has 2 amide bonds. The number of anilines is 2. The Morgan fingerprint density at radius 2 is 2.06 bits per heavy atom. The number of hydrogen-bond acceptors (Lipinski definition) is 6. The van der Waals surface area contributed by atoms with Gasteiger partial charge in [-0.05, 0) is 43.2 Å². The average Bonchev–Trinajstić information content (AvgIpc) is 3.38. The lowest BCUT2D eigenvalue weighted by molar-refractivity contribution is -0.115. The minimum Gasteiger partial charge on any atom is -0.456 e. The average molecular weight is 450 g/mol. The van der Waals surface area contributed by atoms with Crippen LogP contribution in [0.1, 0.15) is 33.5 Å². The largest absolute Gasteiger partial charge is 0.456 e. The number of fused-ring (bicyclic) bond motifs is 1. The van der Waals surface area contributed by atoms with E-state index in [1.54, 1.807) is 12.3 Å². The first-order valence-electron chi connectivity index (χ1n) is 10.5. The van der Waals surface area contributed by atoms with Gasteiger partial charge >= 0.3 is 0 Å². The van der Waals surface area contributed by atoms with Gasteiger partial charge in [-0.2, -0.15) is 5.10 Å². The zero-order valence-corrected chi connectivity index (χ0v) is 18.4. The van der Waals surface area contributed by atoms with Crippen molar-refractivity contribution >= 4 is 40.4 Å². The first-order chi connectivity index (χ1) is 15.5. The predicted molar refractivity (Wildman–Crippen MR) is 124 cm³/mol. The van der Waals surface area contributed by atoms with Gasteiger partial charge in [0.15, 0.2) is 0 Å². The second-order valence-electron chi connectivity index (χ2n) is 7.90. The molecule has 32 heavy (non-hydrogen) atoms. The van der Waals surface area contributed by atoms with Gasteiger partial charge in [0, 0.05) is 25.2 Å². The molecule has 1 unspecified atom stereocenters. The number of nitrogens with zero attached hydrogens (tertiary/aromatic N) is 2. The zero-order chi connectivity index (χ0) is 22.1. The molecule has 5 rings (SSSR count). The highest BCUT2D eigenvalue weighted by atomic mass is 32.1. The van der Waals surface area contributed by atoms with Crippen LogP contribution in [0.15, 0.2) is 48.7 Å². The Balaban J connectivity index is 1.27. The van der Waals surface area contributed by atoms with Gasteiger partial charge in [-0.3, -0.25) is 14.7 Å². The van der Waals surface area contributed by atoms with Crippen molar-refractivity contribution in [2.24, 2.45) is 0 Å². The molecule has 0 spiro atoms. The Morgan fingerprint density at radius 1 is 1.25 bits per heavy atom. The van der Waals surface area contributed by atoms with Crippen LogP contribution in [0.2, 0.25) is 0 Å². The number of thiophene rings is 1. The molecule has 1 atom stereocenters. The fourth-order valence-corrected chi connectivity index (χ4v) is 4.69. The lowest BCUT2D eigenvalue weighted by atomic mass is 10.1. The number of carbonyl (C=O) groups is 2. The predicted octanol–water partition coefficient (Wildman–Crippen LogP) is 3.73. The van der Waals surface area contributed by atoms with Gasteiger partial charge in [-0.1, -0.05) is 12.1 Å². The molecule has 164 valence electrons. The number of nitrogens with one attached hydrogen (secondary N) is 3. The van der Waals surface area contributed by atoms with Crippen molar-refractivity contribution in [1.82, 2.24) is 15.1 Å². The third kappa shape index (κ3) is 4.24. The van der Waals surface area contributed by atoms with Crippen LogP contribution >= 0.6 is 11.3 Å². The summed E-state index contributed by atoms with van der Waals surface area (Å²) < 4.78 is 6.18. The molecule has 2 aromatic heterocycles. The molecule has 0 aliphatic carbocycles. The first-order valence-corrected chi connectivity index (χ1v) is 11.3. The molecule has 8 nitrogen and oxygen atoms in total. The third-order valence-electron chi connectivity index (χ3n) is 5.39. The molecule has 2 aliphatic heterocycles. The van der Waals surface area contributed by atoms with Crippen LogP contribution in [-0.4, -0.2) is 46.0 Å². The van der Waals surface area contributed by atoms with Gasteiger partial charge in [-0.25, -0.2) is 0 Å². The quantitative estimate of drug-likeness (QED) is 0.533. The molecular formula is C23H23N5O3S. The molecule has 0 bridgehead atoms. The Bertz CT molecular complexity index is 1160. The fraction of sp³-hybridized carbons (Fsp3) is 0.261. The molecule has 2 aliphatic rings. The number of amides is 2. The zero-order valence-electron chi connectivity index (χ0n) is 17.6. The molecule has 3 N–H and O–H groups in total. The number of aromatic amines is 1. The summed E-state index contributed by atoms with van der Waals surface area (Å²) in [6, 6.07) is 11.2. The minimum absolute atomic E-state index is 0.0854. The van der Waals surface area contributed by atoms with E-state index >= 15 is 0 Å². The first kappa shape index (κ1) is 20.3. The topological polar surface area (TPSA) is 99.3 Å². The van der Waals surface area contributed by atoms with Gasteiger partial charge in [-0.15, -0.1) is 11.3 Å². The number of benzene rings is 1. The van der Waals surface area contributed by atoms with Crippen LogP contribution in [0.25, 0.3) is 5.76 Å². The van der Waals surface area contributed by atoms with Gasteiger partial charge in [0.05, 0.1) is 28.1 Å². The van der Waals surface area contributed by atoms with Gasteiger partial charge in [0.2, 0.25) is 5.91 Å². The molecule has 0 radical (unpaired) electrons. The van der Waals surface area contributed by atoms with Crippen LogP contribution in [-0.2, 0) is 11.2 Å². The second-order valence-corrected chi connectivity index (χ2v) is 8.96. The van der Waals surface area contributed by atoms with E-state index in [1.807, 2.05) is 48.2 Å². The molecule has 0 saturated carbocycles. The van der Waals surface area contributed by atoms with Crippen LogP contribution < -0.4 is 15.4 Å². The molecule has 9 heteroatoms. The van der Waals surface area contributed by atoms with Crippen molar-refractivity contribution < 1.29 is 14.3 Å². The Labute approximate surface area is 189 Å². The standard InChI is InChI=1S/C23H23N5O3S/c1-14-11-18(22-17(25-14)13-19(32-22)23(30)28-9-2-10-28)31-16-5-3-15(4-6-16)12-21(29)26-20-7-8-24-27-20/h3-8,11,13-14,25H,2,9-10,12H2,1H3,(H2,24,26,27,29). The lowest BCUT2D eigenvalue weighted by Crippen LogP contribution is -2.41. The van der Waals surface area contributed by atoms with E-state index in [0.29, 0.717) is 11.6 Å². The van der Waals surface area contributed by atoms with Crippen LogP contribution in [0.4, 0.5) is 11.5 Å². The van der Waals surface area contributed by atoms with E-state index in [0.717, 1.165) is 46.3 Å². The van der Waals surface area contributed by atoms with Crippen LogP contribution in [0, 0.1) is 0 Å². The summed E-state index contributed by atoms with van der Waals surface area (Å²) in [6.45, 7) is 3.70. The molecule has 1 fully saturated rings. The number of carbonyl (C=O) groups excluding carboxylic acids is 2. The van der Waals surface area contributed by atoms with Gasteiger partial charge in [0.1, 0.15) is 17.3 Å². The number of hydrogen-bond donors (Lipinski definition) is 3. The molecular weight excluding hydrogens is 426 g/mol. The van der Waals surface area contributed by atoms with E-state index < -0.39 is 0 Å².